The number of nitrogens with zero attached hydrogens (tertiary/aromatic N) is 2. The molecule has 4 heteroatoms. The summed E-state index contributed by atoms with van der Waals surface area (Å²) in [7, 11) is 1.57. The van der Waals surface area contributed by atoms with Crippen molar-refractivity contribution in [2.75, 3.05) is 7.05 Å². The molecule has 0 radical (unpaired) electrons. The third kappa shape index (κ3) is 4.26. The van der Waals surface area contributed by atoms with E-state index in [9.17, 15) is 4.79 Å². The van der Waals surface area contributed by atoms with Gasteiger partial charge in [0.1, 0.15) is 6.04 Å². The van der Waals surface area contributed by atoms with Gasteiger partial charge in [-0.25, -0.2) is 0 Å². The Balaban J connectivity index is 4.11. The third-order valence-corrected chi connectivity index (χ3v) is 1.72. The van der Waals surface area contributed by atoms with Crippen LogP contribution in [-0.2, 0) is 4.79 Å². The lowest BCUT2D eigenvalue weighted by molar-refractivity contribution is -0.121. The first kappa shape index (κ1) is 11.6. The molecular formula is C9H15N3O. The minimum absolute atomic E-state index is 0.135. The zero-order valence-corrected chi connectivity index (χ0v) is 8.24. The molecule has 0 aliphatic heterocycles. The number of nitrogens with one attached hydrogen (secondary N) is 1. The highest BCUT2D eigenvalue weighted by atomic mass is 16.2. The molecule has 0 aromatic rings. The first-order valence-corrected chi connectivity index (χ1v) is 4.30. The summed E-state index contributed by atoms with van der Waals surface area (Å²) in [6.45, 7) is 3.60. The number of likely N-dealkylation sites (N-methyl/N-ethyl adjacent to an activating group) is 1. The van der Waals surface area contributed by atoms with Crippen molar-refractivity contribution >= 4 is 12.1 Å². The van der Waals surface area contributed by atoms with Crippen LogP contribution < -0.4 is 5.32 Å². The van der Waals surface area contributed by atoms with E-state index in [0.717, 1.165) is 6.42 Å². The fourth-order valence-corrected chi connectivity index (χ4v) is 0.740. The lowest BCUT2D eigenvalue weighted by atomic mass is 10.1. The monoisotopic (exact) mass is 181 g/mol. The van der Waals surface area contributed by atoms with Gasteiger partial charge < -0.3 is 5.32 Å². The van der Waals surface area contributed by atoms with Crippen molar-refractivity contribution in [2.45, 2.75) is 26.3 Å². The number of carbonyl (C=O) groups is 1. The van der Waals surface area contributed by atoms with Crippen LogP contribution in [0.2, 0.25) is 0 Å². The second-order valence-electron chi connectivity index (χ2n) is 2.73. The normalized spacial score (nSPS) is 14.9. The van der Waals surface area contributed by atoms with Gasteiger partial charge in [-0.05, 0) is 13.3 Å². The molecule has 0 bridgehead atoms. The van der Waals surface area contributed by atoms with Crippen LogP contribution in [0.25, 0.3) is 0 Å². The quantitative estimate of drug-likeness (QED) is 0.650. The molecule has 0 heterocycles. The largest absolute Gasteiger partial charge is 0.357 e. The Bertz CT molecular complexity index is 230. The molecule has 1 amide bonds. The van der Waals surface area contributed by atoms with E-state index in [1.165, 1.54) is 0 Å². The third-order valence-electron chi connectivity index (χ3n) is 1.72. The van der Waals surface area contributed by atoms with Gasteiger partial charge in [0.2, 0.25) is 5.91 Å². The highest BCUT2D eigenvalue weighted by Gasteiger charge is 2.08. The highest BCUT2D eigenvalue weighted by Crippen LogP contribution is 1.97. The number of hydrogen-bond acceptors (Lipinski definition) is 3. The lowest BCUT2D eigenvalue weighted by Crippen LogP contribution is -2.28. The van der Waals surface area contributed by atoms with Crippen molar-refractivity contribution < 1.29 is 4.79 Å². The maximum absolute atomic E-state index is 11.0. The molecule has 0 aliphatic carbocycles. The average Bonchev–Trinajstić information content (AvgIpc) is 2.17. The van der Waals surface area contributed by atoms with Gasteiger partial charge >= 0.3 is 0 Å². The summed E-state index contributed by atoms with van der Waals surface area (Å²) in [5.41, 5.74) is 0. The second kappa shape index (κ2) is 6.18. The Morgan fingerprint density at radius 1 is 1.77 bits per heavy atom. The van der Waals surface area contributed by atoms with E-state index < -0.39 is 6.04 Å². The Morgan fingerprint density at radius 2 is 2.38 bits per heavy atom. The van der Waals surface area contributed by atoms with Crippen molar-refractivity contribution in [3.63, 3.8) is 0 Å². The van der Waals surface area contributed by atoms with E-state index in [0.29, 0.717) is 0 Å². The number of carbonyl (C=O) groups excluding carboxylic acids is 1. The highest BCUT2D eigenvalue weighted by molar-refractivity contribution is 5.83. The number of aliphatic imine (C=N–C) groups is 1. The molecule has 2 atom stereocenters. The van der Waals surface area contributed by atoms with Crippen LogP contribution >= 0.6 is 0 Å². The molecule has 0 aromatic carbocycles. The van der Waals surface area contributed by atoms with E-state index in [4.69, 9.17) is 5.26 Å². The summed E-state index contributed by atoms with van der Waals surface area (Å²) in [6.07, 6.45) is 2.26. The molecular weight excluding hydrogens is 166 g/mol. The molecule has 0 saturated heterocycles. The van der Waals surface area contributed by atoms with Crippen LogP contribution in [0.15, 0.2) is 4.99 Å². The van der Waals surface area contributed by atoms with Crippen LogP contribution in [0.3, 0.4) is 0 Å². The molecule has 72 valence electrons. The zero-order valence-electron chi connectivity index (χ0n) is 8.24. The Hall–Kier alpha value is -1.37. The molecule has 0 aromatic heterocycles. The molecule has 0 aliphatic rings. The van der Waals surface area contributed by atoms with Crippen molar-refractivity contribution in [3.05, 3.63) is 0 Å². The van der Waals surface area contributed by atoms with Crippen LogP contribution in [0, 0.1) is 17.2 Å². The molecule has 0 fully saturated rings. The number of hydrogen-bond donors (Lipinski definition) is 1. The first-order valence-electron chi connectivity index (χ1n) is 4.30. The van der Waals surface area contributed by atoms with Gasteiger partial charge in [-0.15, -0.1) is 0 Å². The summed E-state index contributed by atoms with van der Waals surface area (Å²) in [4.78, 5) is 15.0. The van der Waals surface area contributed by atoms with E-state index in [1.54, 1.807) is 20.2 Å². The number of amides is 1. The first-order chi connectivity index (χ1) is 6.15. The molecule has 4 nitrogen and oxygen atoms in total. The minimum Gasteiger partial charge on any atom is -0.357 e. The van der Waals surface area contributed by atoms with Gasteiger partial charge in [0.25, 0.3) is 0 Å². The molecule has 0 saturated carbocycles. The molecule has 1 N–H and O–H groups in total. The predicted molar refractivity (Wildman–Crippen MR) is 51.4 cm³/mol. The summed E-state index contributed by atoms with van der Waals surface area (Å²) in [5.74, 6) is -0.323. The van der Waals surface area contributed by atoms with E-state index in [2.05, 4.69) is 16.4 Å². The van der Waals surface area contributed by atoms with Gasteiger partial charge in [0.05, 0.1) is 12.0 Å². The summed E-state index contributed by atoms with van der Waals surface area (Å²) >= 11 is 0. The Kier molecular flexibility index (Phi) is 5.53. The second-order valence-corrected chi connectivity index (χ2v) is 2.73. The van der Waals surface area contributed by atoms with Gasteiger partial charge in [0.15, 0.2) is 0 Å². The van der Waals surface area contributed by atoms with Crippen molar-refractivity contribution in [3.8, 4) is 6.07 Å². The summed E-state index contributed by atoms with van der Waals surface area (Å²) in [6, 6.07) is 1.67. The molecule has 0 spiro atoms. The standard InChI is InChI=1S/C9H15N3O/c1-4-8(5-10)6-12-7(2)9(13)11-3/h6-8H,4H2,1-3H3,(H,11,13). The molecule has 2 unspecified atom stereocenters. The fourth-order valence-electron chi connectivity index (χ4n) is 0.740. The van der Waals surface area contributed by atoms with Crippen LogP contribution in [0.5, 0.6) is 0 Å². The van der Waals surface area contributed by atoms with Gasteiger partial charge in [-0.1, -0.05) is 6.92 Å². The van der Waals surface area contributed by atoms with Crippen LogP contribution in [0.4, 0.5) is 0 Å². The molecule has 0 rings (SSSR count). The van der Waals surface area contributed by atoms with Gasteiger partial charge in [-0.2, -0.15) is 5.26 Å². The summed E-state index contributed by atoms with van der Waals surface area (Å²) in [5, 5.41) is 11.1. The van der Waals surface area contributed by atoms with E-state index in [1.807, 2.05) is 6.92 Å². The maximum Gasteiger partial charge on any atom is 0.244 e. The number of rotatable bonds is 4. The molecule has 13 heavy (non-hydrogen) atoms. The SMILES string of the molecule is CCC(C#N)C=NC(C)C(=O)NC. The summed E-state index contributed by atoms with van der Waals surface area (Å²) < 4.78 is 0. The van der Waals surface area contributed by atoms with E-state index in [-0.39, 0.29) is 11.8 Å². The fraction of sp³-hybridized carbons (Fsp3) is 0.667. The average molecular weight is 181 g/mol. The van der Waals surface area contributed by atoms with Crippen molar-refractivity contribution in [1.29, 1.82) is 5.26 Å². The Labute approximate surface area is 78.7 Å². The Morgan fingerprint density at radius 3 is 2.77 bits per heavy atom. The van der Waals surface area contributed by atoms with Crippen molar-refractivity contribution in [1.82, 2.24) is 5.32 Å². The van der Waals surface area contributed by atoms with Gasteiger partial charge in [0, 0.05) is 13.3 Å². The maximum atomic E-state index is 11.0. The van der Waals surface area contributed by atoms with Crippen LogP contribution in [0.1, 0.15) is 20.3 Å². The predicted octanol–water partition coefficient (Wildman–Crippen LogP) is 0.741. The van der Waals surface area contributed by atoms with Gasteiger partial charge in [-0.3, -0.25) is 9.79 Å². The van der Waals surface area contributed by atoms with Crippen LogP contribution in [-0.4, -0.2) is 25.2 Å². The number of nitriles is 1. The van der Waals surface area contributed by atoms with E-state index >= 15 is 0 Å². The topological polar surface area (TPSA) is 65.2 Å². The zero-order chi connectivity index (χ0) is 10.3. The lowest BCUT2D eigenvalue weighted by Gasteiger charge is -2.04. The minimum atomic E-state index is -0.410. The van der Waals surface area contributed by atoms with Crippen molar-refractivity contribution in [2.24, 2.45) is 10.9 Å². The smallest absolute Gasteiger partial charge is 0.244 e.